The highest BCUT2D eigenvalue weighted by molar-refractivity contribution is 6.30. The van der Waals surface area contributed by atoms with E-state index in [1.54, 1.807) is 11.9 Å². The van der Waals surface area contributed by atoms with Gasteiger partial charge in [0.2, 0.25) is 11.8 Å². The maximum Gasteiger partial charge on any atom is 0.410 e. The highest BCUT2D eigenvalue weighted by Crippen LogP contribution is 2.47. The van der Waals surface area contributed by atoms with Gasteiger partial charge in [-0.2, -0.15) is 0 Å². The second-order valence-electron chi connectivity index (χ2n) is 11.6. The van der Waals surface area contributed by atoms with Crippen LogP contribution in [-0.4, -0.2) is 78.0 Å². The molecule has 2 saturated heterocycles. The summed E-state index contributed by atoms with van der Waals surface area (Å²) in [5.74, 6) is 0.748. The Hall–Kier alpha value is -2.28. The summed E-state index contributed by atoms with van der Waals surface area (Å²) >= 11 is 6.13. The summed E-state index contributed by atoms with van der Waals surface area (Å²) in [5.41, 5.74) is 0.897. The van der Waals surface area contributed by atoms with Crippen LogP contribution in [0.3, 0.4) is 0 Å². The molecule has 7 nitrogen and oxygen atoms in total. The Kier molecular flexibility index (Phi) is 6.96. The van der Waals surface area contributed by atoms with Gasteiger partial charge >= 0.3 is 6.09 Å². The van der Waals surface area contributed by atoms with Gasteiger partial charge in [-0.15, -0.1) is 0 Å². The second kappa shape index (κ2) is 9.88. The van der Waals surface area contributed by atoms with Crippen LogP contribution >= 0.6 is 11.6 Å². The Morgan fingerprint density at radius 1 is 1.03 bits per heavy atom. The maximum atomic E-state index is 13.6. The third kappa shape index (κ3) is 5.22. The number of carbonyl (C=O) groups excluding carboxylic acids is 3. The maximum absolute atomic E-state index is 13.6. The zero-order chi connectivity index (χ0) is 25.6. The normalized spacial score (nSPS) is 26.4. The molecule has 2 aliphatic carbocycles. The van der Waals surface area contributed by atoms with Gasteiger partial charge in [0, 0.05) is 55.5 Å². The molecule has 3 atom stereocenters. The summed E-state index contributed by atoms with van der Waals surface area (Å²) in [6, 6.07) is 7.52. The molecule has 2 saturated carbocycles. The number of rotatable bonds is 6. The lowest BCUT2D eigenvalue weighted by molar-refractivity contribution is -0.142. The van der Waals surface area contributed by atoms with Gasteiger partial charge in [0.05, 0.1) is 6.04 Å². The topological polar surface area (TPSA) is 70.2 Å². The van der Waals surface area contributed by atoms with Gasteiger partial charge in [0.1, 0.15) is 6.10 Å². The van der Waals surface area contributed by atoms with Crippen molar-refractivity contribution in [1.82, 2.24) is 14.7 Å². The number of benzene rings is 1. The lowest BCUT2D eigenvalue weighted by Crippen LogP contribution is -2.46. The van der Waals surface area contributed by atoms with Crippen LogP contribution in [0.4, 0.5) is 4.79 Å². The Bertz CT molecular complexity index is 999. The largest absolute Gasteiger partial charge is 0.446 e. The lowest BCUT2D eigenvalue weighted by atomic mass is 9.93. The van der Waals surface area contributed by atoms with Crippen molar-refractivity contribution in [3.05, 3.63) is 34.9 Å². The summed E-state index contributed by atoms with van der Waals surface area (Å²) in [7, 11) is 1.78. The minimum absolute atomic E-state index is 0.0171. The number of halogens is 1. The Morgan fingerprint density at radius 2 is 1.67 bits per heavy atom. The number of carbonyl (C=O) groups is 3. The lowest BCUT2D eigenvalue weighted by Gasteiger charge is -2.34. The molecule has 0 spiro atoms. The van der Waals surface area contributed by atoms with Gasteiger partial charge < -0.3 is 19.4 Å². The molecular formula is C28H38ClN3O4. The van der Waals surface area contributed by atoms with E-state index in [2.05, 4.69) is 0 Å². The second-order valence-corrected chi connectivity index (χ2v) is 12.1. The van der Waals surface area contributed by atoms with Crippen molar-refractivity contribution < 1.29 is 19.1 Å². The van der Waals surface area contributed by atoms with Crippen molar-refractivity contribution in [2.75, 3.05) is 33.2 Å². The third-order valence-corrected chi connectivity index (χ3v) is 9.16. The molecule has 1 aromatic carbocycles. The van der Waals surface area contributed by atoms with E-state index in [1.807, 2.05) is 47.9 Å². The molecule has 2 heterocycles. The number of likely N-dealkylation sites (tertiary alicyclic amines) is 2. The van der Waals surface area contributed by atoms with Crippen LogP contribution in [0.2, 0.25) is 5.02 Å². The van der Waals surface area contributed by atoms with Crippen molar-refractivity contribution in [2.24, 2.45) is 17.3 Å². The molecule has 8 heteroatoms. The van der Waals surface area contributed by atoms with Crippen molar-refractivity contribution in [1.29, 1.82) is 0 Å². The summed E-state index contributed by atoms with van der Waals surface area (Å²) in [4.78, 5) is 44.9. The van der Waals surface area contributed by atoms with Crippen molar-refractivity contribution in [2.45, 2.75) is 70.4 Å². The predicted molar refractivity (Wildman–Crippen MR) is 138 cm³/mol. The first kappa shape index (κ1) is 25.4. The highest BCUT2D eigenvalue weighted by Gasteiger charge is 2.48. The zero-order valence-corrected chi connectivity index (χ0v) is 22.4. The SMILES string of the molecule is CC(OC(=O)N(C)[C@@H]1CN(C(=O)C2CCN(C(=O)C3(C)CC3)CC2)C[C@H]1c1ccc(Cl)cc1)C1CC1. The van der Waals surface area contributed by atoms with Crippen LogP contribution in [0.15, 0.2) is 24.3 Å². The third-order valence-electron chi connectivity index (χ3n) is 8.90. The number of ether oxygens (including phenoxy) is 1. The van der Waals surface area contributed by atoms with E-state index in [4.69, 9.17) is 16.3 Å². The molecule has 36 heavy (non-hydrogen) atoms. The van der Waals surface area contributed by atoms with Crippen molar-refractivity contribution >= 4 is 29.5 Å². The molecule has 1 aromatic rings. The van der Waals surface area contributed by atoms with Crippen LogP contribution in [-0.2, 0) is 14.3 Å². The monoisotopic (exact) mass is 515 g/mol. The van der Waals surface area contributed by atoms with E-state index < -0.39 is 0 Å². The summed E-state index contributed by atoms with van der Waals surface area (Å²) < 4.78 is 5.76. The number of nitrogens with zero attached hydrogens (tertiary/aromatic N) is 3. The molecule has 4 aliphatic rings. The molecule has 1 unspecified atom stereocenters. The van der Waals surface area contributed by atoms with E-state index in [1.165, 1.54) is 0 Å². The quantitative estimate of drug-likeness (QED) is 0.557. The molecule has 196 valence electrons. The van der Waals surface area contributed by atoms with Crippen molar-refractivity contribution in [3.63, 3.8) is 0 Å². The van der Waals surface area contributed by atoms with E-state index >= 15 is 0 Å². The van der Waals surface area contributed by atoms with Crippen molar-refractivity contribution in [3.8, 4) is 0 Å². The van der Waals surface area contributed by atoms with Crippen LogP contribution < -0.4 is 0 Å². The van der Waals surface area contributed by atoms with E-state index in [-0.39, 0.29) is 47.3 Å². The van der Waals surface area contributed by atoms with Gasteiger partial charge in [-0.25, -0.2) is 4.79 Å². The number of piperidine rings is 1. The van der Waals surface area contributed by atoms with Crippen LogP contribution in [0.25, 0.3) is 0 Å². The molecule has 0 N–H and O–H groups in total. The molecule has 3 amide bonds. The minimum Gasteiger partial charge on any atom is -0.446 e. The fourth-order valence-corrected chi connectivity index (χ4v) is 5.93. The number of hydrogen-bond donors (Lipinski definition) is 0. The first-order chi connectivity index (χ1) is 17.2. The average molecular weight is 516 g/mol. The first-order valence-corrected chi connectivity index (χ1v) is 13.8. The highest BCUT2D eigenvalue weighted by atomic mass is 35.5. The molecule has 0 bridgehead atoms. The molecule has 5 rings (SSSR count). The van der Waals surface area contributed by atoms with Crippen LogP contribution in [0.5, 0.6) is 0 Å². The first-order valence-electron chi connectivity index (χ1n) is 13.4. The summed E-state index contributed by atoms with van der Waals surface area (Å²) in [6.45, 7) is 6.33. The van der Waals surface area contributed by atoms with Crippen LogP contribution in [0.1, 0.15) is 63.9 Å². The van der Waals surface area contributed by atoms with Crippen LogP contribution in [0, 0.1) is 17.3 Å². The van der Waals surface area contributed by atoms with Gasteiger partial charge in [0.15, 0.2) is 0 Å². The fraction of sp³-hybridized carbons (Fsp3) is 0.679. The smallest absolute Gasteiger partial charge is 0.410 e. The Morgan fingerprint density at radius 3 is 2.25 bits per heavy atom. The zero-order valence-electron chi connectivity index (χ0n) is 21.6. The predicted octanol–water partition coefficient (Wildman–Crippen LogP) is 4.54. The molecule has 0 radical (unpaired) electrons. The van der Waals surface area contributed by atoms with Gasteiger partial charge in [-0.1, -0.05) is 30.7 Å². The molecule has 0 aromatic heterocycles. The Balaban J connectivity index is 1.25. The summed E-state index contributed by atoms with van der Waals surface area (Å²) in [6.07, 6.45) is 5.16. The molecule has 2 aliphatic heterocycles. The Labute approximate surface area is 219 Å². The molecule has 4 fully saturated rings. The van der Waals surface area contributed by atoms with Gasteiger partial charge in [-0.3, -0.25) is 9.59 Å². The minimum atomic E-state index is -0.326. The fourth-order valence-electron chi connectivity index (χ4n) is 5.81. The van der Waals surface area contributed by atoms with E-state index in [9.17, 15) is 14.4 Å². The average Bonchev–Trinajstić information content (AvgIpc) is 3.81. The standard InChI is InChI=1S/C28H38ClN3O4/c1-18(19-4-5-19)36-27(35)30(3)24-17-32(16-23(24)20-6-8-22(29)9-7-20)25(33)21-10-14-31(15-11-21)26(34)28(2)12-13-28/h6-9,18-19,21,23-24H,4-5,10-17H2,1-3H3/t18?,23-,24+/m0/s1. The number of likely N-dealkylation sites (N-methyl/N-ethyl adjacent to an activating group) is 1. The number of hydrogen-bond acceptors (Lipinski definition) is 4. The van der Waals surface area contributed by atoms with Gasteiger partial charge in [0.25, 0.3) is 0 Å². The van der Waals surface area contributed by atoms with E-state index in [0.717, 1.165) is 31.2 Å². The number of amides is 3. The van der Waals surface area contributed by atoms with E-state index in [0.29, 0.717) is 50.0 Å². The summed E-state index contributed by atoms with van der Waals surface area (Å²) in [5, 5.41) is 0.661. The van der Waals surface area contributed by atoms with Gasteiger partial charge in [-0.05, 0) is 69.1 Å². The molecular weight excluding hydrogens is 478 g/mol.